The molecule has 0 saturated heterocycles. The van der Waals surface area contributed by atoms with Gasteiger partial charge >= 0.3 is 0 Å². The molecular formula is C11H9BrINO4S. The van der Waals surface area contributed by atoms with Crippen molar-refractivity contribution in [1.82, 2.24) is 0 Å². The van der Waals surface area contributed by atoms with E-state index in [0.29, 0.717) is 5.69 Å². The summed E-state index contributed by atoms with van der Waals surface area (Å²) in [6.07, 6.45) is 0. The fourth-order valence-electron chi connectivity index (χ4n) is 1.39. The predicted octanol–water partition coefficient (Wildman–Crippen LogP) is 2.94. The van der Waals surface area contributed by atoms with Gasteiger partial charge in [0.15, 0.2) is 4.67 Å². The zero-order valence-corrected chi connectivity index (χ0v) is 14.0. The molecular weight excluding hydrogens is 449 g/mol. The molecule has 2 aromatic rings. The van der Waals surface area contributed by atoms with Crippen LogP contribution in [0.25, 0.3) is 0 Å². The van der Waals surface area contributed by atoms with Gasteiger partial charge in [0.05, 0.1) is 0 Å². The van der Waals surface area contributed by atoms with E-state index in [1.807, 2.05) is 0 Å². The monoisotopic (exact) mass is 457 g/mol. The first-order chi connectivity index (χ1) is 8.92. The zero-order valence-electron chi connectivity index (χ0n) is 9.43. The highest BCUT2D eigenvalue weighted by molar-refractivity contribution is 14.1. The van der Waals surface area contributed by atoms with Crippen LogP contribution in [0.2, 0.25) is 0 Å². The van der Waals surface area contributed by atoms with Crippen LogP contribution < -0.4 is 4.72 Å². The average molecular weight is 458 g/mol. The molecule has 2 rings (SSSR count). The van der Waals surface area contributed by atoms with Gasteiger partial charge in [-0.05, 0) is 62.8 Å². The molecule has 8 heteroatoms. The van der Waals surface area contributed by atoms with Crippen molar-refractivity contribution in [2.75, 3.05) is 4.72 Å². The molecule has 0 amide bonds. The minimum Gasteiger partial charge on any atom is -0.450 e. The summed E-state index contributed by atoms with van der Waals surface area (Å²) in [5.74, 6) is 0.176. The molecule has 0 radical (unpaired) electrons. The first-order valence-corrected chi connectivity index (χ1v) is 8.45. The quantitative estimate of drug-likeness (QED) is 0.692. The summed E-state index contributed by atoms with van der Waals surface area (Å²) in [5.41, 5.74) is 0.457. The van der Waals surface area contributed by atoms with Gasteiger partial charge in [-0.15, -0.1) is 0 Å². The third kappa shape index (κ3) is 3.50. The van der Waals surface area contributed by atoms with Crippen LogP contribution in [-0.2, 0) is 16.6 Å². The number of rotatable bonds is 4. The summed E-state index contributed by atoms with van der Waals surface area (Å²) in [7, 11) is -3.75. The summed E-state index contributed by atoms with van der Waals surface area (Å²) in [6, 6.07) is 8.20. The predicted molar refractivity (Wildman–Crippen MR) is 82.3 cm³/mol. The molecule has 0 fully saturated rings. The number of hydrogen-bond donors (Lipinski definition) is 2. The van der Waals surface area contributed by atoms with E-state index < -0.39 is 10.0 Å². The Labute approximate surface area is 132 Å². The minimum atomic E-state index is -3.75. The van der Waals surface area contributed by atoms with Crippen LogP contribution in [-0.4, -0.2) is 13.5 Å². The number of nitrogens with one attached hydrogen (secondary N) is 1. The van der Waals surface area contributed by atoms with Gasteiger partial charge in [0, 0.05) is 15.3 Å². The molecule has 2 N–H and O–H groups in total. The Kier molecular flexibility index (Phi) is 4.54. The van der Waals surface area contributed by atoms with Crippen molar-refractivity contribution in [2.24, 2.45) is 0 Å². The van der Waals surface area contributed by atoms with Crippen molar-refractivity contribution in [2.45, 2.75) is 11.5 Å². The molecule has 0 aliphatic heterocycles. The van der Waals surface area contributed by atoms with Gasteiger partial charge < -0.3 is 9.52 Å². The summed E-state index contributed by atoms with van der Waals surface area (Å²) < 4.78 is 32.9. The van der Waals surface area contributed by atoms with E-state index in [1.165, 1.54) is 6.07 Å². The second-order valence-electron chi connectivity index (χ2n) is 3.62. The molecule has 102 valence electrons. The molecule has 0 aliphatic carbocycles. The highest BCUT2D eigenvalue weighted by Gasteiger charge is 2.22. The number of anilines is 1. The molecule has 1 aromatic heterocycles. The Hall–Kier alpha value is -0.580. The Morgan fingerprint density at radius 3 is 2.47 bits per heavy atom. The number of furan rings is 1. The van der Waals surface area contributed by atoms with Crippen molar-refractivity contribution < 1.29 is 17.9 Å². The SMILES string of the molecule is O=S(=O)(Nc1ccc(I)cc1)c1cc(CO)oc1Br. The fourth-order valence-corrected chi connectivity index (χ4v) is 3.80. The molecule has 0 bridgehead atoms. The Morgan fingerprint density at radius 2 is 1.95 bits per heavy atom. The van der Waals surface area contributed by atoms with Gasteiger partial charge in [0.1, 0.15) is 17.3 Å². The van der Waals surface area contributed by atoms with Crippen LogP contribution in [0.1, 0.15) is 5.76 Å². The molecule has 0 spiro atoms. The highest BCUT2D eigenvalue weighted by Crippen LogP contribution is 2.28. The first-order valence-electron chi connectivity index (χ1n) is 5.10. The topological polar surface area (TPSA) is 79.5 Å². The van der Waals surface area contributed by atoms with Crippen LogP contribution in [0.15, 0.2) is 44.3 Å². The third-order valence-electron chi connectivity index (χ3n) is 2.25. The van der Waals surface area contributed by atoms with Crippen LogP contribution in [0, 0.1) is 3.57 Å². The maximum Gasteiger partial charge on any atom is 0.266 e. The van der Waals surface area contributed by atoms with Gasteiger partial charge in [-0.1, -0.05) is 0 Å². The highest BCUT2D eigenvalue weighted by atomic mass is 127. The number of benzene rings is 1. The Morgan fingerprint density at radius 1 is 1.32 bits per heavy atom. The molecule has 1 aromatic carbocycles. The van der Waals surface area contributed by atoms with Gasteiger partial charge in [-0.2, -0.15) is 0 Å². The van der Waals surface area contributed by atoms with Crippen molar-refractivity contribution in [3.8, 4) is 0 Å². The largest absolute Gasteiger partial charge is 0.450 e. The molecule has 0 atom stereocenters. The smallest absolute Gasteiger partial charge is 0.266 e. The number of aliphatic hydroxyl groups excluding tert-OH is 1. The molecule has 0 unspecified atom stereocenters. The normalized spacial score (nSPS) is 11.5. The summed E-state index contributed by atoms with van der Waals surface area (Å²) >= 11 is 5.15. The van der Waals surface area contributed by atoms with E-state index in [4.69, 9.17) is 9.52 Å². The van der Waals surface area contributed by atoms with Gasteiger partial charge in [0.2, 0.25) is 0 Å². The van der Waals surface area contributed by atoms with Gasteiger partial charge in [0.25, 0.3) is 10.0 Å². The second-order valence-corrected chi connectivity index (χ2v) is 7.24. The number of halogens is 2. The molecule has 0 aliphatic rings. The van der Waals surface area contributed by atoms with Crippen molar-refractivity contribution >= 4 is 54.2 Å². The fraction of sp³-hybridized carbons (Fsp3) is 0.0909. The third-order valence-corrected chi connectivity index (χ3v) is 5.21. The molecule has 0 saturated carbocycles. The molecule has 19 heavy (non-hydrogen) atoms. The number of sulfonamides is 1. The molecule has 5 nitrogen and oxygen atoms in total. The van der Waals surface area contributed by atoms with Crippen molar-refractivity contribution in [3.05, 3.63) is 44.3 Å². The zero-order chi connectivity index (χ0) is 14.0. The van der Waals surface area contributed by atoms with E-state index in [0.717, 1.165) is 3.57 Å². The van der Waals surface area contributed by atoms with E-state index in [2.05, 4.69) is 43.2 Å². The summed E-state index contributed by atoms with van der Waals surface area (Å²) in [6.45, 7) is -0.363. The Bertz CT molecular complexity index is 681. The van der Waals surface area contributed by atoms with Gasteiger partial charge in [-0.3, -0.25) is 4.72 Å². The second kappa shape index (κ2) is 5.81. The van der Waals surface area contributed by atoms with Crippen LogP contribution in [0.4, 0.5) is 5.69 Å². The van der Waals surface area contributed by atoms with Crippen molar-refractivity contribution in [1.29, 1.82) is 0 Å². The minimum absolute atomic E-state index is 0.0462. The van der Waals surface area contributed by atoms with E-state index in [1.54, 1.807) is 24.3 Å². The van der Waals surface area contributed by atoms with Crippen LogP contribution in [0.5, 0.6) is 0 Å². The number of aliphatic hydroxyl groups is 1. The standard InChI is InChI=1S/C11H9BrINO4S/c12-11-10(5-9(6-15)18-11)19(16,17)14-8-3-1-7(13)2-4-8/h1-5,14-15H,6H2. The van der Waals surface area contributed by atoms with Gasteiger partial charge in [-0.25, -0.2) is 8.42 Å². The maximum atomic E-state index is 12.2. The lowest BCUT2D eigenvalue weighted by Gasteiger charge is -2.06. The maximum absolute atomic E-state index is 12.2. The summed E-state index contributed by atoms with van der Waals surface area (Å²) in [4.78, 5) is -0.0462. The van der Waals surface area contributed by atoms with Crippen molar-refractivity contribution in [3.63, 3.8) is 0 Å². The lowest BCUT2D eigenvalue weighted by Crippen LogP contribution is -2.12. The lowest BCUT2D eigenvalue weighted by atomic mass is 10.3. The first kappa shape index (κ1) is 14.8. The van der Waals surface area contributed by atoms with E-state index in [-0.39, 0.29) is 21.9 Å². The summed E-state index contributed by atoms with van der Waals surface area (Å²) in [5, 5.41) is 8.93. The Balaban J connectivity index is 2.31. The molecule has 1 heterocycles. The average Bonchev–Trinajstić information content (AvgIpc) is 2.74. The van der Waals surface area contributed by atoms with Crippen LogP contribution >= 0.6 is 38.5 Å². The van der Waals surface area contributed by atoms with E-state index >= 15 is 0 Å². The van der Waals surface area contributed by atoms with E-state index in [9.17, 15) is 8.42 Å². The van der Waals surface area contributed by atoms with Crippen LogP contribution in [0.3, 0.4) is 0 Å². The lowest BCUT2D eigenvalue weighted by molar-refractivity contribution is 0.245. The number of hydrogen-bond acceptors (Lipinski definition) is 4.